The van der Waals surface area contributed by atoms with E-state index in [4.69, 9.17) is 4.74 Å². The van der Waals surface area contributed by atoms with Gasteiger partial charge < -0.3 is 9.64 Å². The molecule has 1 amide bonds. The average Bonchev–Trinajstić information content (AvgIpc) is 3.48. The molecule has 1 heterocycles. The standard InChI is InChI=1S/C21H24N2O4S/c1-14-11-17-12-18(9-10-19(17)23(14)21(24)15-7-8-15)28(25,26)22-13-16-5-3-4-6-20(16)27-2/h3-6,9-10,12,14-15,22H,7-8,11,13H2,1-2H3/t14-/m0/s1. The number of methoxy groups -OCH3 is 1. The lowest BCUT2D eigenvalue weighted by molar-refractivity contribution is -0.120. The number of nitrogens with zero attached hydrogens (tertiary/aromatic N) is 1. The molecule has 2 aliphatic rings. The second kappa shape index (κ2) is 7.22. The van der Waals surface area contributed by atoms with Crippen LogP contribution < -0.4 is 14.4 Å². The Balaban J connectivity index is 1.55. The second-order valence-electron chi connectivity index (χ2n) is 7.46. The number of carbonyl (C=O) groups excluding carboxylic acids is 1. The Hall–Kier alpha value is -2.38. The summed E-state index contributed by atoms with van der Waals surface area (Å²) in [6.45, 7) is 2.15. The summed E-state index contributed by atoms with van der Waals surface area (Å²) in [4.78, 5) is 14.6. The molecular formula is C21H24N2O4S. The highest BCUT2D eigenvalue weighted by atomic mass is 32.2. The summed E-state index contributed by atoms with van der Waals surface area (Å²) < 4.78 is 33.5. The Morgan fingerprint density at radius 1 is 1.21 bits per heavy atom. The fourth-order valence-corrected chi connectivity index (χ4v) is 4.80. The van der Waals surface area contributed by atoms with Crippen molar-refractivity contribution in [2.45, 2.75) is 43.7 Å². The summed E-state index contributed by atoms with van der Waals surface area (Å²) in [5, 5.41) is 0. The number of ether oxygens (including phenoxy) is 1. The van der Waals surface area contributed by atoms with Gasteiger partial charge >= 0.3 is 0 Å². The van der Waals surface area contributed by atoms with Gasteiger partial charge in [0.25, 0.3) is 0 Å². The zero-order chi connectivity index (χ0) is 19.9. The van der Waals surface area contributed by atoms with E-state index >= 15 is 0 Å². The molecule has 0 unspecified atom stereocenters. The molecule has 1 aliphatic carbocycles. The third-order valence-corrected chi connectivity index (χ3v) is 6.78. The minimum absolute atomic E-state index is 0.0580. The molecule has 1 atom stereocenters. The smallest absolute Gasteiger partial charge is 0.240 e. The molecule has 2 aromatic carbocycles. The predicted octanol–water partition coefficient (Wildman–Crippen LogP) is 2.86. The predicted molar refractivity (Wildman–Crippen MR) is 107 cm³/mol. The van der Waals surface area contributed by atoms with Crippen LogP contribution in [0.3, 0.4) is 0 Å². The van der Waals surface area contributed by atoms with Crippen molar-refractivity contribution in [1.29, 1.82) is 0 Å². The van der Waals surface area contributed by atoms with E-state index in [-0.39, 0.29) is 29.3 Å². The Morgan fingerprint density at radius 2 is 1.96 bits per heavy atom. The number of sulfonamides is 1. The number of amides is 1. The number of hydrogen-bond acceptors (Lipinski definition) is 4. The first-order valence-electron chi connectivity index (χ1n) is 9.48. The first-order valence-corrected chi connectivity index (χ1v) is 11.0. The van der Waals surface area contributed by atoms with Gasteiger partial charge in [0.05, 0.1) is 12.0 Å². The summed E-state index contributed by atoms with van der Waals surface area (Å²) in [7, 11) is -2.11. The van der Waals surface area contributed by atoms with Gasteiger partial charge in [-0.25, -0.2) is 13.1 Å². The number of carbonyl (C=O) groups is 1. The van der Waals surface area contributed by atoms with E-state index < -0.39 is 10.0 Å². The number of rotatable bonds is 6. The first-order chi connectivity index (χ1) is 13.4. The van der Waals surface area contributed by atoms with Crippen molar-refractivity contribution in [1.82, 2.24) is 4.72 Å². The molecule has 1 saturated carbocycles. The molecule has 1 aliphatic heterocycles. The molecule has 0 radical (unpaired) electrons. The zero-order valence-electron chi connectivity index (χ0n) is 16.0. The highest BCUT2D eigenvalue weighted by Crippen LogP contribution is 2.39. The minimum atomic E-state index is -3.67. The first kappa shape index (κ1) is 19.0. The fourth-order valence-electron chi connectivity index (χ4n) is 3.74. The Bertz CT molecular complexity index is 1010. The van der Waals surface area contributed by atoms with Crippen LogP contribution in [0.2, 0.25) is 0 Å². The average molecular weight is 401 g/mol. The molecule has 0 spiro atoms. The molecule has 1 fully saturated rings. The maximum absolute atomic E-state index is 12.8. The molecular weight excluding hydrogens is 376 g/mol. The molecule has 148 valence electrons. The minimum Gasteiger partial charge on any atom is -0.496 e. The van der Waals surface area contributed by atoms with Crippen molar-refractivity contribution in [3.8, 4) is 5.75 Å². The van der Waals surface area contributed by atoms with E-state index in [0.29, 0.717) is 12.2 Å². The van der Waals surface area contributed by atoms with Crippen molar-refractivity contribution in [3.63, 3.8) is 0 Å². The number of nitrogens with one attached hydrogen (secondary N) is 1. The van der Waals surface area contributed by atoms with E-state index in [1.54, 1.807) is 31.4 Å². The Labute approximate surface area is 165 Å². The number of para-hydroxylation sites is 1. The van der Waals surface area contributed by atoms with Crippen LogP contribution in [0.15, 0.2) is 47.4 Å². The SMILES string of the molecule is COc1ccccc1CNS(=O)(=O)c1ccc2c(c1)C[C@H](C)N2C(=O)C1CC1. The van der Waals surface area contributed by atoms with Gasteiger partial charge in [-0.2, -0.15) is 0 Å². The largest absolute Gasteiger partial charge is 0.496 e. The van der Waals surface area contributed by atoms with Gasteiger partial charge in [0.1, 0.15) is 5.75 Å². The van der Waals surface area contributed by atoms with Crippen LogP contribution in [-0.2, 0) is 27.8 Å². The van der Waals surface area contributed by atoms with E-state index in [2.05, 4.69) is 4.72 Å². The van der Waals surface area contributed by atoms with Gasteiger partial charge in [-0.1, -0.05) is 18.2 Å². The maximum Gasteiger partial charge on any atom is 0.240 e. The van der Waals surface area contributed by atoms with Crippen molar-refractivity contribution < 1.29 is 17.9 Å². The zero-order valence-corrected chi connectivity index (χ0v) is 16.8. The topological polar surface area (TPSA) is 75.7 Å². The number of fused-ring (bicyclic) bond motifs is 1. The maximum atomic E-state index is 12.8. The Kier molecular flexibility index (Phi) is 4.89. The van der Waals surface area contributed by atoms with Gasteiger partial charge in [-0.15, -0.1) is 0 Å². The van der Waals surface area contributed by atoms with Crippen LogP contribution in [0.4, 0.5) is 5.69 Å². The summed E-state index contributed by atoms with van der Waals surface area (Å²) in [6.07, 6.45) is 2.58. The van der Waals surface area contributed by atoms with Gasteiger partial charge in [-0.3, -0.25) is 4.79 Å². The van der Waals surface area contributed by atoms with E-state index in [9.17, 15) is 13.2 Å². The molecule has 7 heteroatoms. The van der Waals surface area contributed by atoms with Crippen LogP contribution in [0.25, 0.3) is 0 Å². The molecule has 4 rings (SSSR count). The molecule has 0 aromatic heterocycles. The van der Waals surface area contributed by atoms with E-state index in [1.807, 2.05) is 30.0 Å². The molecule has 2 aromatic rings. The third kappa shape index (κ3) is 3.52. The van der Waals surface area contributed by atoms with Crippen LogP contribution in [0, 0.1) is 5.92 Å². The highest BCUT2D eigenvalue weighted by Gasteiger charge is 2.39. The quantitative estimate of drug-likeness (QED) is 0.809. The van der Waals surface area contributed by atoms with Crippen LogP contribution >= 0.6 is 0 Å². The fraction of sp³-hybridized carbons (Fsp3) is 0.381. The molecule has 0 bridgehead atoms. The second-order valence-corrected chi connectivity index (χ2v) is 9.23. The number of benzene rings is 2. The highest BCUT2D eigenvalue weighted by molar-refractivity contribution is 7.89. The van der Waals surface area contributed by atoms with Crippen LogP contribution in [0.1, 0.15) is 30.9 Å². The molecule has 0 saturated heterocycles. The summed E-state index contributed by atoms with van der Waals surface area (Å²) in [5.74, 6) is 0.942. The molecule has 6 nitrogen and oxygen atoms in total. The Morgan fingerprint density at radius 3 is 2.68 bits per heavy atom. The van der Waals surface area contributed by atoms with Gasteiger partial charge in [0.2, 0.25) is 15.9 Å². The van der Waals surface area contributed by atoms with Crippen molar-refractivity contribution in [3.05, 3.63) is 53.6 Å². The summed E-state index contributed by atoms with van der Waals surface area (Å²) in [5.41, 5.74) is 2.51. The third-order valence-electron chi connectivity index (χ3n) is 5.39. The van der Waals surface area contributed by atoms with Crippen LogP contribution in [-0.4, -0.2) is 27.5 Å². The van der Waals surface area contributed by atoms with Crippen molar-refractivity contribution in [2.24, 2.45) is 5.92 Å². The van der Waals surface area contributed by atoms with Crippen LogP contribution in [0.5, 0.6) is 5.75 Å². The van der Waals surface area contributed by atoms with Crippen molar-refractivity contribution >= 4 is 21.6 Å². The number of hydrogen-bond donors (Lipinski definition) is 1. The van der Waals surface area contributed by atoms with E-state index in [1.165, 1.54) is 0 Å². The molecule has 1 N–H and O–H groups in total. The summed E-state index contributed by atoms with van der Waals surface area (Å²) in [6, 6.07) is 12.4. The lowest BCUT2D eigenvalue weighted by atomic mass is 10.1. The normalized spacial score (nSPS) is 18.8. The van der Waals surface area contributed by atoms with Gasteiger partial charge in [0, 0.05) is 29.8 Å². The number of anilines is 1. The summed E-state index contributed by atoms with van der Waals surface area (Å²) >= 11 is 0. The van der Waals surface area contributed by atoms with Crippen molar-refractivity contribution in [2.75, 3.05) is 12.0 Å². The van der Waals surface area contributed by atoms with Gasteiger partial charge in [-0.05, 0) is 56.0 Å². The van der Waals surface area contributed by atoms with E-state index in [0.717, 1.165) is 29.7 Å². The lowest BCUT2D eigenvalue weighted by Crippen LogP contribution is -2.36. The lowest BCUT2D eigenvalue weighted by Gasteiger charge is -2.22. The van der Waals surface area contributed by atoms with Gasteiger partial charge in [0.15, 0.2) is 0 Å². The monoisotopic (exact) mass is 400 g/mol. The molecule has 28 heavy (non-hydrogen) atoms.